The molecule has 2 atom stereocenters. The van der Waals surface area contributed by atoms with Crippen molar-refractivity contribution >= 4 is 23.5 Å². The summed E-state index contributed by atoms with van der Waals surface area (Å²) in [6.07, 6.45) is 2.19. The average molecular weight is 341 g/mol. The first-order valence-corrected chi connectivity index (χ1v) is 8.76. The van der Waals surface area contributed by atoms with E-state index < -0.39 is 6.04 Å². The Morgan fingerprint density at radius 3 is 2.87 bits per heavy atom. The first-order valence-electron chi connectivity index (χ1n) is 7.77. The molecular formula is C14H23N5O3S. The highest BCUT2D eigenvalue weighted by atomic mass is 32.2. The van der Waals surface area contributed by atoms with Gasteiger partial charge in [0.25, 0.3) is 0 Å². The highest BCUT2D eigenvalue weighted by Crippen LogP contribution is 2.18. The fraction of sp³-hybridized carbons (Fsp3) is 0.786. The van der Waals surface area contributed by atoms with Gasteiger partial charge < -0.3 is 10.1 Å². The molecule has 0 aromatic carbocycles. The topological polar surface area (TPSA) is 99.0 Å². The number of Topliss-reactive ketones (excluding diaryl/α,β-unsaturated/α-hetero) is 1. The van der Waals surface area contributed by atoms with E-state index in [1.807, 2.05) is 13.8 Å². The number of carbonyl (C=O) groups is 2. The van der Waals surface area contributed by atoms with Gasteiger partial charge in [-0.1, -0.05) is 25.6 Å². The standard InChI is InChI=1S/C14H23N5O3S/c1-9(2)13(10(3)20)15-12(21)8-23-14-16-17-18-19(14)7-11-5-4-6-22-11/h9,11,13H,4-8H2,1-3H3,(H,15,21). The van der Waals surface area contributed by atoms with Gasteiger partial charge in [0.2, 0.25) is 11.1 Å². The molecule has 8 nitrogen and oxygen atoms in total. The number of nitrogens with one attached hydrogen (secondary N) is 1. The summed E-state index contributed by atoms with van der Waals surface area (Å²) in [5.41, 5.74) is 0. The molecule has 1 N–H and O–H groups in total. The third-order valence-corrected chi connectivity index (χ3v) is 4.61. The minimum absolute atomic E-state index is 0.0402. The summed E-state index contributed by atoms with van der Waals surface area (Å²) in [6.45, 7) is 6.67. The summed E-state index contributed by atoms with van der Waals surface area (Å²) in [6, 6.07) is -0.453. The normalized spacial score (nSPS) is 19.0. The molecule has 1 saturated heterocycles. The predicted molar refractivity (Wildman–Crippen MR) is 85.0 cm³/mol. The number of hydrogen-bond acceptors (Lipinski definition) is 7. The van der Waals surface area contributed by atoms with Gasteiger partial charge in [0, 0.05) is 6.61 Å². The third-order valence-electron chi connectivity index (χ3n) is 3.65. The predicted octanol–water partition coefficient (Wildman–Crippen LogP) is 0.674. The number of aromatic nitrogens is 4. The summed E-state index contributed by atoms with van der Waals surface area (Å²) < 4.78 is 7.24. The van der Waals surface area contributed by atoms with E-state index in [0.29, 0.717) is 11.7 Å². The largest absolute Gasteiger partial charge is 0.376 e. The average Bonchev–Trinajstić information content (AvgIpc) is 3.14. The van der Waals surface area contributed by atoms with Gasteiger partial charge in [0.05, 0.1) is 24.4 Å². The molecule has 2 unspecified atom stereocenters. The van der Waals surface area contributed by atoms with Crippen LogP contribution in [-0.4, -0.2) is 56.4 Å². The van der Waals surface area contributed by atoms with Crippen molar-refractivity contribution in [3.8, 4) is 0 Å². The second-order valence-electron chi connectivity index (χ2n) is 5.97. The van der Waals surface area contributed by atoms with E-state index in [2.05, 4.69) is 20.8 Å². The van der Waals surface area contributed by atoms with Gasteiger partial charge in [-0.2, -0.15) is 0 Å². The molecule has 2 heterocycles. The molecule has 128 valence electrons. The Balaban J connectivity index is 1.84. The zero-order chi connectivity index (χ0) is 16.8. The van der Waals surface area contributed by atoms with Gasteiger partial charge in [0.1, 0.15) is 0 Å². The van der Waals surface area contributed by atoms with Crippen molar-refractivity contribution in [2.24, 2.45) is 5.92 Å². The van der Waals surface area contributed by atoms with Crippen molar-refractivity contribution in [2.75, 3.05) is 12.4 Å². The number of tetrazole rings is 1. The smallest absolute Gasteiger partial charge is 0.231 e. The Kier molecular flexibility index (Phi) is 6.52. The maximum absolute atomic E-state index is 12.0. The Hall–Kier alpha value is -1.48. The van der Waals surface area contributed by atoms with Crippen LogP contribution in [0.3, 0.4) is 0 Å². The molecule has 0 radical (unpaired) electrons. The van der Waals surface area contributed by atoms with E-state index >= 15 is 0 Å². The fourth-order valence-corrected chi connectivity index (χ4v) is 3.18. The molecule has 2 rings (SSSR count). The van der Waals surface area contributed by atoms with Crippen LogP contribution in [0.2, 0.25) is 0 Å². The molecule has 0 bridgehead atoms. The van der Waals surface area contributed by atoms with Gasteiger partial charge in [0.15, 0.2) is 5.78 Å². The van der Waals surface area contributed by atoms with Crippen molar-refractivity contribution in [1.82, 2.24) is 25.5 Å². The maximum atomic E-state index is 12.0. The molecular weight excluding hydrogens is 318 g/mol. The van der Waals surface area contributed by atoms with Crippen LogP contribution in [0.4, 0.5) is 0 Å². The van der Waals surface area contributed by atoms with Crippen molar-refractivity contribution in [3.63, 3.8) is 0 Å². The van der Waals surface area contributed by atoms with Crippen LogP contribution in [0.25, 0.3) is 0 Å². The number of rotatable bonds is 8. The number of amides is 1. The molecule has 0 saturated carbocycles. The maximum Gasteiger partial charge on any atom is 0.231 e. The van der Waals surface area contributed by atoms with Crippen LogP contribution in [0, 0.1) is 5.92 Å². The lowest BCUT2D eigenvalue weighted by atomic mass is 10.0. The Bertz CT molecular complexity index is 542. The highest BCUT2D eigenvalue weighted by Gasteiger charge is 2.22. The summed E-state index contributed by atoms with van der Waals surface area (Å²) in [7, 11) is 0. The second-order valence-corrected chi connectivity index (χ2v) is 6.91. The Morgan fingerprint density at radius 2 is 2.26 bits per heavy atom. The SMILES string of the molecule is CC(=O)C(NC(=O)CSc1nnnn1CC1CCCO1)C(C)C. The molecule has 9 heteroatoms. The minimum atomic E-state index is -0.453. The lowest BCUT2D eigenvalue weighted by Gasteiger charge is -2.19. The highest BCUT2D eigenvalue weighted by molar-refractivity contribution is 7.99. The molecule has 0 aliphatic carbocycles. The van der Waals surface area contributed by atoms with Gasteiger partial charge in [-0.15, -0.1) is 5.10 Å². The monoisotopic (exact) mass is 341 g/mol. The zero-order valence-electron chi connectivity index (χ0n) is 13.7. The third kappa shape index (κ3) is 5.28. The number of hydrogen-bond donors (Lipinski definition) is 1. The number of ether oxygens (including phenoxy) is 1. The van der Waals surface area contributed by atoms with Gasteiger partial charge >= 0.3 is 0 Å². The fourth-order valence-electron chi connectivity index (χ4n) is 2.48. The van der Waals surface area contributed by atoms with Gasteiger partial charge in [-0.25, -0.2) is 4.68 Å². The summed E-state index contributed by atoms with van der Waals surface area (Å²) in [4.78, 5) is 23.6. The Morgan fingerprint density at radius 1 is 1.48 bits per heavy atom. The van der Waals surface area contributed by atoms with E-state index in [1.54, 1.807) is 4.68 Å². The van der Waals surface area contributed by atoms with E-state index in [9.17, 15) is 9.59 Å². The van der Waals surface area contributed by atoms with E-state index in [4.69, 9.17) is 4.74 Å². The van der Waals surface area contributed by atoms with Crippen LogP contribution in [0.15, 0.2) is 5.16 Å². The molecule has 1 aliphatic rings. The van der Waals surface area contributed by atoms with Crippen LogP contribution in [-0.2, 0) is 20.9 Å². The quantitative estimate of drug-likeness (QED) is 0.694. The van der Waals surface area contributed by atoms with E-state index in [0.717, 1.165) is 19.4 Å². The van der Waals surface area contributed by atoms with Crippen molar-refractivity contribution < 1.29 is 14.3 Å². The lowest BCUT2D eigenvalue weighted by molar-refractivity contribution is -0.126. The first-order chi connectivity index (χ1) is 11.0. The lowest BCUT2D eigenvalue weighted by Crippen LogP contribution is -2.44. The van der Waals surface area contributed by atoms with Gasteiger partial charge in [-0.3, -0.25) is 9.59 Å². The van der Waals surface area contributed by atoms with Gasteiger partial charge in [-0.05, 0) is 36.1 Å². The number of carbonyl (C=O) groups excluding carboxylic acids is 2. The molecule has 23 heavy (non-hydrogen) atoms. The van der Waals surface area contributed by atoms with Crippen LogP contribution >= 0.6 is 11.8 Å². The van der Waals surface area contributed by atoms with Crippen molar-refractivity contribution in [3.05, 3.63) is 0 Å². The number of ketones is 1. The summed E-state index contributed by atoms with van der Waals surface area (Å²) in [5, 5.41) is 14.9. The molecule has 1 aromatic rings. The summed E-state index contributed by atoms with van der Waals surface area (Å²) in [5.74, 6) is -0.00835. The first kappa shape index (κ1) is 17.9. The number of nitrogens with zero attached hydrogens (tertiary/aromatic N) is 4. The minimum Gasteiger partial charge on any atom is -0.376 e. The zero-order valence-corrected chi connectivity index (χ0v) is 14.5. The molecule has 0 spiro atoms. The molecule has 1 aliphatic heterocycles. The van der Waals surface area contributed by atoms with Crippen molar-refractivity contribution in [2.45, 2.75) is 57.5 Å². The number of thioether (sulfide) groups is 1. The molecule has 1 amide bonds. The summed E-state index contributed by atoms with van der Waals surface area (Å²) >= 11 is 1.26. The van der Waals surface area contributed by atoms with E-state index in [-0.39, 0.29) is 29.5 Å². The van der Waals surface area contributed by atoms with Crippen molar-refractivity contribution in [1.29, 1.82) is 0 Å². The Labute approximate surface area is 139 Å². The van der Waals surface area contributed by atoms with Crippen LogP contribution in [0.1, 0.15) is 33.6 Å². The van der Waals surface area contributed by atoms with Crippen LogP contribution in [0.5, 0.6) is 0 Å². The molecule has 1 aromatic heterocycles. The van der Waals surface area contributed by atoms with Crippen LogP contribution < -0.4 is 5.32 Å². The van der Waals surface area contributed by atoms with E-state index in [1.165, 1.54) is 18.7 Å². The molecule has 1 fully saturated rings. The second kappa shape index (κ2) is 8.39.